The van der Waals surface area contributed by atoms with Crippen LogP contribution < -0.4 is 16.1 Å². The second kappa shape index (κ2) is 9.71. The van der Waals surface area contributed by atoms with E-state index in [0.29, 0.717) is 30.2 Å². The van der Waals surface area contributed by atoms with E-state index >= 15 is 0 Å². The molecule has 1 aliphatic heterocycles. The van der Waals surface area contributed by atoms with Crippen LogP contribution >= 0.6 is 0 Å². The number of benzene rings is 2. The van der Waals surface area contributed by atoms with Crippen LogP contribution in [0.2, 0.25) is 0 Å². The molecule has 1 N–H and O–H groups in total. The molecule has 2 aromatic carbocycles. The van der Waals surface area contributed by atoms with Gasteiger partial charge in [0.25, 0.3) is 5.56 Å². The number of rotatable bonds is 6. The number of anilines is 1. The maximum atomic E-state index is 14.5. The number of fused-ring (bicyclic) bond motifs is 1. The van der Waals surface area contributed by atoms with E-state index in [1.54, 1.807) is 29.8 Å². The zero-order valence-electron chi connectivity index (χ0n) is 19.5. The van der Waals surface area contributed by atoms with Gasteiger partial charge in [-0.2, -0.15) is 4.98 Å². The predicted molar refractivity (Wildman–Crippen MR) is 135 cm³/mol. The summed E-state index contributed by atoms with van der Waals surface area (Å²) in [4.78, 5) is 36.4. The quantitative estimate of drug-likeness (QED) is 0.465. The zero-order valence-corrected chi connectivity index (χ0v) is 19.5. The maximum absolute atomic E-state index is 14.5. The van der Waals surface area contributed by atoms with Gasteiger partial charge in [0.05, 0.1) is 6.54 Å². The Kier molecular flexibility index (Phi) is 6.33. The number of halogens is 1. The highest BCUT2D eigenvalue weighted by molar-refractivity contribution is 5.74. The summed E-state index contributed by atoms with van der Waals surface area (Å²) in [6.07, 6.45) is 4.28. The van der Waals surface area contributed by atoms with E-state index in [2.05, 4.69) is 44.1 Å². The molecule has 8 nitrogen and oxygen atoms in total. The molecule has 0 unspecified atom stereocenters. The van der Waals surface area contributed by atoms with Gasteiger partial charge < -0.3 is 4.90 Å². The molecule has 35 heavy (non-hydrogen) atoms. The van der Waals surface area contributed by atoms with Crippen LogP contribution in [0.1, 0.15) is 11.1 Å². The van der Waals surface area contributed by atoms with E-state index in [1.165, 1.54) is 16.2 Å². The van der Waals surface area contributed by atoms with Crippen LogP contribution in [0.3, 0.4) is 0 Å². The molecule has 0 spiro atoms. The number of imidazole rings is 1. The minimum Gasteiger partial charge on any atom is -0.340 e. The largest absolute Gasteiger partial charge is 0.340 e. The number of nitrogens with one attached hydrogen (secondary N) is 1. The van der Waals surface area contributed by atoms with Crippen molar-refractivity contribution in [3.63, 3.8) is 0 Å². The lowest BCUT2D eigenvalue weighted by Crippen LogP contribution is -2.47. The van der Waals surface area contributed by atoms with Crippen molar-refractivity contribution in [3.8, 4) is 0 Å². The summed E-state index contributed by atoms with van der Waals surface area (Å²) in [6.45, 7) is 4.01. The lowest BCUT2D eigenvalue weighted by molar-refractivity contribution is 0.282. The summed E-state index contributed by atoms with van der Waals surface area (Å²) in [6, 6.07) is 16.7. The van der Waals surface area contributed by atoms with E-state index in [4.69, 9.17) is 0 Å². The van der Waals surface area contributed by atoms with Crippen molar-refractivity contribution in [3.05, 3.63) is 98.5 Å². The van der Waals surface area contributed by atoms with Crippen LogP contribution in [0.4, 0.5) is 10.3 Å². The first-order valence-corrected chi connectivity index (χ1v) is 11.6. The molecule has 9 heteroatoms. The van der Waals surface area contributed by atoms with E-state index in [-0.39, 0.29) is 17.9 Å². The minimum absolute atomic E-state index is 0.139. The number of aromatic amines is 1. The smallest absolute Gasteiger partial charge is 0.329 e. The normalized spacial score (nSPS) is 14.9. The third kappa shape index (κ3) is 4.67. The monoisotopic (exact) mass is 474 g/mol. The number of nitrogens with zero attached hydrogens (tertiary/aromatic N) is 5. The van der Waals surface area contributed by atoms with E-state index in [9.17, 15) is 14.0 Å². The maximum Gasteiger partial charge on any atom is 0.329 e. The first-order chi connectivity index (χ1) is 17.0. The lowest BCUT2D eigenvalue weighted by atomic mass is 10.2. The fourth-order valence-corrected chi connectivity index (χ4v) is 4.44. The van der Waals surface area contributed by atoms with E-state index < -0.39 is 11.2 Å². The van der Waals surface area contributed by atoms with Gasteiger partial charge in [-0.1, -0.05) is 60.7 Å². The summed E-state index contributed by atoms with van der Waals surface area (Å²) in [5.41, 5.74) is 1.12. The molecule has 2 aromatic heterocycles. The highest BCUT2D eigenvalue weighted by Gasteiger charge is 2.25. The van der Waals surface area contributed by atoms with Gasteiger partial charge in [-0.15, -0.1) is 0 Å². The first kappa shape index (κ1) is 22.8. The Bertz CT molecular complexity index is 1480. The summed E-state index contributed by atoms with van der Waals surface area (Å²) in [5.74, 6) is 0.214. The fraction of sp³-hybridized carbons (Fsp3) is 0.269. The molecular formula is C26H27FN6O2. The van der Waals surface area contributed by atoms with Gasteiger partial charge in [0.15, 0.2) is 11.2 Å². The van der Waals surface area contributed by atoms with Crippen molar-refractivity contribution >= 4 is 23.2 Å². The van der Waals surface area contributed by atoms with Gasteiger partial charge in [0.2, 0.25) is 5.95 Å². The minimum atomic E-state index is -0.528. The van der Waals surface area contributed by atoms with E-state index in [1.807, 2.05) is 18.2 Å². The van der Waals surface area contributed by atoms with Gasteiger partial charge in [0.1, 0.15) is 5.82 Å². The van der Waals surface area contributed by atoms with Crippen molar-refractivity contribution in [2.45, 2.75) is 6.54 Å². The second-order valence-corrected chi connectivity index (χ2v) is 8.68. The van der Waals surface area contributed by atoms with Crippen LogP contribution in [0, 0.1) is 5.82 Å². The Hall–Kier alpha value is -3.98. The number of hydrogen-bond acceptors (Lipinski definition) is 5. The molecule has 0 atom stereocenters. The van der Waals surface area contributed by atoms with Crippen LogP contribution in [0.25, 0.3) is 17.2 Å². The Morgan fingerprint density at radius 1 is 1.00 bits per heavy atom. The Morgan fingerprint density at radius 2 is 1.71 bits per heavy atom. The molecule has 0 bridgehead atoms. The summed E-state index contributed by atoms with van der Waals surface area (Å²) in [5, 5.41) is 0. The van der Waals surface area contributed by atoms with Crippen molar-refractivity contribution < 1.29 is 4.39 Å². The van der Waals surface area contributed by atoms with Crippen LogP contribution in [0.5, 0.6) is 0 Å². The average Bonchev–Trinajstić information content (AvgIpc) is 3.25. The predicted octanol–water partition coefficient (Wildman–Crippen LogP) is 2.45. The van der Waals surface area contributed by atoms with Gasteiger partial charge in [-0.25, -0.2) is 9.18 Å². The number of aromatic nitrogens is 4. The van der Waals surface area contributed by atoms with Crippen molar-refractivity contribution in [1.82, 2.24) is 24.0 Å². The van der Waals surface area contributed by atoms with E-state index in [0.717, 1.165) is 19.6 Å². The third-order valence-corrected chi connectivity index (χ3v) is 6.40. The van der Waals surface area contributed by atoms with Gasteiger partial charge >= 0.3 is 5.69 Å². The highest BCUT2D eigenvalue weighted by Crippen LogP contribution is 2.23. The molecule has 0 saturated carbocycles. The third-order valence-electron chi connectivity index (χ3n) is 6.40. The van der Waals surface area contributed by atoms with Crippen molar-refractivity contribution in [2.24, 2.45) is 7.05 Å². The molecule has 4 aromatic rings. The Labute approximate surface area is 201 Å². The number of H-pyrrole nitrogens is 1. The molecule has 5 rings (SSSR count). The molecule has 0 amide bonds. The van der Waals surface area contributed by atoms with Crippen LogP contribution in [-0.2, 0) is 13.6 Å². The lowest BCUT2D eigenvalue weighted by Gasteiger charge is -2.35. The standard InChI is InChI=1S/C26H27FN6O2/c1-30-23-22(24(34)29-26(30)35)33(18-20-11-5-6-12-21(20)27)25(28-23)32-16-14-31(15-17-32)13-7-10-19-8-3-2-4-9-19/h2-12H,13-18H2,1H3,(H,29,34,35)/b10-7+. The molecule has 0 radical (unpaired) electrons. The first-order valence-electron chi connectivity index (χ1n) is 11.6. The van der Waals surface area contributed by atoms with Gasteiger partial charge in [-0.3, -0.25) is 23.8 Å². The van der Waals surface area contributed by atoms with Gasteiger partial charge in [0, 0.05) is 45.3 Å². The molecular weight excluding hydrogens is 447 g/mol. The second-order valence-electron chi connectivity index (χ2n) is 8.68. The molecule has 1 aliphatic rings. The van der Waals surface area contributed by atoms with Crippen molar-refractivity contribution in [2.75, 3.05) is 37.6 Å². The SMILES string of the molecule is Cn1c(=O)[nH]c(=O)c2c1nc(N1CCN(C/C=C/c3ccccc3)CC1)n2Cc1ccccc1F. The topological polar surface area (TPSA) is 79.2 Å². The van der Waals surface area contributed by atoms with Crippen molar-refractivity contribution in [1.29, 1.82) is 0 Å². The summed E-state index contributed by atoms with van der Waals surface area (Å²) < 4.78 is 17.5. The number of aryl methyl sites for hydroxylation is 1. The molecule has 3 heterocycles. The number of piperazine rings is 1. The zero-order chi connectivity index (χ0) is 24.4. The van der Waals surface area contributed by atoms with Crippen LogP contribution in [0.15, 0.2) is 70.3 Å². The molecule has 0 aliphatic carbocycles. The summed E-state index contributed by atoms with van der Waals surface area (Å²) >= 11 is 0. The highest BCUT2D eigenvalue weighted by atomic mass is 19.1. The molecule has 180 valence electrons. The van der Waals surface area contributed by atoms with Crippen LogP contribution in [-0.4, -0.2) is 56.7 Å². The Morgan fingerprint density at radius 3 is 2.46 bits per heavy atom. The molecule has 1 saturated heterocycles. The van der Waals surface area contributed by atoms with Gasteiger partial charge in [-0.05, 0) is 11.6 Å². The fourth-order valence-electron chi connectivity index (χ4n) is 4.44. The average molecular weight is 475 g/mol. The number of hydrogen-bond donors (Lipinski definition) is 1. The Balaban J connectivity index is 1.41. The molecule has 1 fully saturated rings. The summed E-state index contributed by atoms with van der Waals surface area (Å²) in [7, 11) is 1.57.